The topological polar surface area (TPSA) is 50.7 Å². The molecule has 0 bridgehead atoms. The van der Waals surface area contributed by atoms with E-state index in [-0.39, 0.29) is 12.5 Å². The first-order valence-electron chi connectivity index (χ1n) is 6.51. The van der Waals surface area contributed by atoms with Gasteiger partial charge in [0.25, 0.3) is 0 Å². The lowest BCUT2D eigenvalue weighted by molar-refractivity contribution is 0.246. The maximum absolute atomic E-state index is 9.10. The van der Waals surface area contributed by atoms with Crippen LogP contribution < -0.4 is 14.8 Å². The highest BCUT2D eigenvalue weighted by molar-refractivity contribution is 5.46. The maximum atomic E-state index is 9.10. The van der Waals surface area contributed by atoms with Gasteiger partial charge in [-0.25, -0.2) is 0 Å². The molecule has 0 saturated carbocycles. The largest absolute Gasteiger partial charge is 0.493 e. The van der Waals surface area contributed by atoms with Crippen molar-refractivity contribution in [3.8, 4) is 11.5 Å². The number of rotatable bonds is 6. The van der Waals surface area contributed by atoms with Crippen molar-refractivity contribution in [1.82, 2.24) is 5.32 Å². The number of hydrogen-bond donors (Lipinski definition) is 2. The van der Waals surface area contributed by atoms with Crippen molar-refractivity contribution in [1.29, 1.82) is 0 Å². The molecule has 0 radical (unpaired) electrons. The zero-order chi connectivity index (χ0) is 13.7. The summed E-state index contributed by atoms with van der Waals surface area (Å²) in [6.07, 6.45) is 5.14. The minimum atomic E-state index is 0.219. The van der Waals surface area contributed by atoms with E-state index in [9.17, 15) is 0 Å². The van der Waals surface area contributed by atoms with Crippen LogP contribution in [0.2, 0.25) is 0 Å². The van der Waals surface area contributed by atoms with Crippen LogP contribution in [0.4, 0.5) is 0 Å². The molecule has 0 spiro atoms. The fraction of sp³-hybridized carbons (Fsp3) is 0.467. The fourth-order valence-corrected chi connectivity index (χ4v) is 2.40. The van der Waals surface area contributed by atoms with E-state index in [4.69, 9.17) is 14.6 Å². The molecule has 4 heteroatoms. The van der Waals surface area contributed by atoms with E-state index in [1.165, 1.54) is 0 Å². The molecule has 2 atom stereocenters. The van der Waals surface area contributed by atoms with Gasteiger partial charge in [0, 0.05) is 30.7 Å². The molecule has 0 aromatic heterocycles. The van der Waals surface area contributed by atoms with Crippen LogP contribution in [-0.4, -0.2) is 32.0 Å². The van der Waals surface area contributed by atoms with E-state index in [0.717, 1.165) is 23.5 Å². The molecule has 1 aliphatic carbocycles. The lowest BCUT2D eigenvalue weighted by Crippen LogP contribution is -2.26. The third kappa shape index (κ3) is 3.28. The summed E-state index contributed by atoms with van der Waals surface area (Å²) in [4.78, 5) is 0. The Hall–Kier alpha value is -1.52. The summed E-state index contributed by atoms with van der Waals surface area (Å²) in [7, 11) is 3.29. The number of para-hydroxylation sites is 1. The standard InChI is InChI=1S/C15H21NO3/c1-18-14-5-3-4-12(15(14)19-2)9-16-13-7-6-11(8-13)10-17/h3-7,11,13,16-17H,8-10H2,1-2H3/t11-,13+/m0/s1. The monoisotopic (exact) mass is 263 g/mol. The van der Waals surface area contributed by atoms with E-state index in [1.807, 2.05) is 18.2 Å². The highest BCUT2D eigenvalue weighted by Gasteiger charge is 2.18. The Bertz CT molecular complexity index is 445. The van der Waals surface area contributed by atoms with E-state index in [1.54, 1.807) is 14.2 Å². The molecule has 19 heavy (non-hydrogen) atoms. The Morgan fingerprint density at radius 3 is 2.74 bits per heavy atom. The molecular weight excluding hydrogens is 242 g/mol. The van der Waals surface area contributed by atoms with Crippen molar-refractivity contribution >= 4 is 0 Å². The van der Waals surface area contributed by atoms with E-state index >= 15 is 0 Å². The first-order valence-corrected chi connectivity index (χ1v) is 6.51. The van der Waals surface area contributed by atoms with Gasteiger partial charge in [0.05, 0.1) is 14.2 Å². The SMILES string of the molecule is COc1cccc(CN[C@@H]2C=C[C@H](CO)C2)c1OC. The molecule has 2 N–H and O–H groups in total. The molecule has 0 saturated heterocycles. The van der Waals surface area contributed by atoms with Crippen molar-refractivity contribution in [2.45, 2.75) is 19.0 Å². The molecule has 0 heterocycles. The highest BCUT2D eigenvalue weighted by Crippen LogP contribution is 2.30. The Kier molecular flexibility index (Phi) is 4.82. The Morgan fingerprint density at radius 2 is 2.11 bits per heavy atom. The van der Waals surface area contributed by atoms with Gasteiger partial charge in [-0.3, -0.25) is 0 Å². The summed E-state index contributed by atoms with van der Waals surface area (Å²) in [6, 6.07) is 6.18. The molecule has 0 amide bonds. The van der Waals surface area contributed by atoms with Gasteiger partial charge in [-0.2, -0.15) is 0 Å². The van der Waals surface area contributed by atoms with E-state index in [0.29, 0.717) is 12.6 Å². The third-order valence-electron chi connectivity index (χ3n) is 3.45. The first kappa shape index (κ1) is 13.9. The van der Waals surface area contributed by atoms with Gasteiger partial charge in [0.15, 0.2) is 11.5 Å². The average Bonchev–Trinajstić information content (AvgIpc) is 2.92. The van der Waals surface area contributed by atoms with Crippen molar-refractivity contribution in [2.75, 3.05) is 20.8 Å². The second kappa shape index (κ2) is 6.59. The molecular formula is C15H21NO3. The zero-order valence-electron chi connectivity index (χ0n) is 11.4. The van der Waals surface area contributed by atoms with Crippen molar-refractivity contribution in [3.63, 3.8) is 0 Å². The van der Waals surface area contributed by atoms with Gasteiger partial charge in [0.1, 0.15) is 0 Å². The molecule has 1 aromatic rings. The Balaban J connectivity index is 1.98. The summed E-state index contributed by atoms with van der Waals surface area (Å²) in [5.41, 5.74) is 1.07. The van der Waals surface area contributed by atoms with Crippen molar-refractivity contribution < 1.29 is 14.6 Å². The van der Waals surface area contributed by atoms with Crippen LogP contribution in [0.5, 0.6) is 11.5 Å². The minimum absolute atomic E-state index is 0.219. The number of ether oxygens (including phenoxy) is 2. The number of benzene rings is 1. The van der Waals surface area contributed by atoms with Crippen LogP contribution in [0, 0.1) is 5.92 Å². The number of hydrogen-bond acceptors (Lipinski definition) is 4. The molecule has 0 fully saturated rings. The quantitative estimate of drug-likeness (QED) is 0.767. The molecule has 4 nitrogen and oxygen atoms in total. The normalized spacial score (nSPS) is 21.6. The van der Waals surface area contributed by atoms with Crippen LogP contribution in [0.25, 0.3) is 0 Å². The Labute approximate surface area is 114 Å². The van der Waals surface area contributed by atoms with Crippen LogP contribution >= 0.6 is 0 Å². The number of aliphatic hydroxyl groups is 1. The second-order valence-electron chi connectivity index (χ2n) is 4.70. The minimum Gasteiger partial charge on any atom is -0.493 e. The van der Waals surface area contributed by atoms with Gasteiger partial charge in [0.2, 0.25) is 0 Å². The zero-order valence-corrected chi connectivity index (χ0v) is 11.4. The summed E-state index contributed by atoms with van der Waals surface area (Å²) in [5.74, 6) is 1.81. The molecule has 104 valence electrons. The lowest BCUT2D eigenvalue weighted by atomic mass is 10.1. The van der Waals surface area contributed by atoms with Crippen molar-refractivity contribution in [2.24, 2.45) is 5.92 Å². The van der Waals surface area contributed by atoms with Crippen molar-refractivity contribution in [3.05, 3.63) is 35.9 Å². The van der Waals surface area contributed by atoms with Crippen LogP contribution in [-0.2, 0) is 6.54 Å². The van der Waals surface area contributed by atoms with Gasteiger partial charge in [-0.05, 0) is 12.5 Å². The highest BCUT2D eigenvalue weighted by atomic mass is 16.5. The summed E-state index contributed by atoms with van der Waals surface area (Å²) < 4.78 is 10.7. The number of methoxy groups -OCH3 is 2. The Morgan fingerprint density at radius 1 is 1.26 bits per heavy atom. The number of nitrogens with one attached hydrogen (secondary N) is 1. The summed E-state index contributed by atoms with van der Waals surface area (Å²) >= 11 is 0. The molecule has 0 aliphatic heterocycles. The van der Waals surface area contributed by atoms with Gasteiger partial charge < -0.3 is 19.9 Å². The van der Waals surface area contributed by atoms with Crippen LogP contribution in [0.1, 0.15) is 12.0 Å². The van der Waals surface area contributed by atoms with E-state index < -0.39 is 0 Å². The second-order valence-corrected chi connectivity index (χ2v) is 4.70. The molecule has 1 aliphatic rings. The maximum Gasteiger partial charge on any atom is 0.165 e. The molecule has 1 aromatic carbocycles. The predicted molar refractivity (Wildman–Crippen MR) is 74.5 cm³/mol. The van der Waals surface area contributed by atoms with Crippen LogP contribution in [0.15, 0.2) is 30.4 Å². The summed E-state index contributed by atoms with van der Waals surface area (Å²) in [6.45, 7) is 0.935. The smallest absolute Gasteiger partial charge is 0.165 e. The van der Waals surface area contributed by atoms with Gasteiger partial charge in [-0.15, -0.1) is 0 Å². The average molecular weight is 263 g/mol. The van der Waals surface area contributed by atoms with Crippen LogP contribution in [0.3, 0.4) is 0 Å². The first-order chi connectivity index (χ1) is 9.28. The summed E-state index contributed by atoms with van der Waals surface area (Å²) in [5, 5.41) is 12.6. The third-order valence-corrected chi connectivity index (χ3v) is 3.45. The molecule has 2 rings (SSSR count). The fourth-order valence-electron chi connectivity index (χ4n) is 2.40. The lowest BCUT2D eigenvalue weighted by Gasteiger charge is -2.16. The predicted octanol–water partition coefficient (Wildman–Crippen LogP) is 1.73. The van der Waals surface area contributed by atoms with Gasteiger partial charge in [-0.1, -0.05) is 24.3 Å². The van der Waals surface area contributed by atoms with E-state index in [2.05, 4.69) is 17.5 Å². The molecule has 0 unspecified atom stereocenters. The van der Waals surface area contributed by atoms with Gasteiger partial charge >= 0.3 is 0 Å². The number of aliphatic hydroxyl groups excluding tert-OH is 1.